The molecule has 0 spiro atoms. The summed E-state index contributed by atoms with van der Waals surface area (Å²) in [5.74, 6) is -0.656. The van der Waals surface area contributed by atoms with Gasteiger partial charge in [-0.2, -0.15) is 0 Å². The Morgan fingerprint density at radius 2 is 1.91 bits per heavy atom. The van der Waals surface area contributed by atoms with Crippen molar-refractivity contribution in [2.24, 2.45) is 5.92 Å². The van der Waals surface area contributed by atoms with Crippen LogP contribution in [-0.2, 0) is 11.3 Å². The maximum absolute atomic E-state index is 13.7. The van der Waals surface area contributed by atoms with Crippen LogP contribution in [0.25, 0.3) is 11.0 Å². The van der Waals surface area contributed by atoms with Gasteiger partial charge in [0.25, 0.3) is 5.91 Å². The number of hydrogen-bond acceptors (Lipinski definition) is 4. The van der Waals surface area contributed by atoms with Crippen LogP contribution in [0.15, 0.2) is 63.8 Å². The Balaban J connectivity index is 1.33. The molecule has 1 aromatic heterocycles. The molecule has 2 amide bonds. The molecule has 6 nitrogen and oxygen atoms in total. The summed E-state index contributed by atoms with van der Waals surface area (Å²) in [5.41, 5.74) is 0.298. The number of benzene rings is 2. The molecular weight excluding hydrogens is 411 g/mol. The Morgan fingerprint density at radius 3 is 2.75 bits per heavy atom. The van der Waals surface area contributed by atoms with Crippen LogP contribution in [0.4, 0.5) is 4.39 Å². The van der Waals surface area contributed by atoms with Crippen molar-refractivity contribution in [3.8, 4) is 0 Å². The predicted octanol–water partition coefficient (Wildman–Crippen LogP) is 3.88. The number of para-hydroxylation sites is 1. The molecule has 1 aliphatic rings. The van der Waals surface area contributed by atoms with Crippen LogP contribution in [0.2, 0.25) is 0 Å². The SMILES string of the molecule is O=C(CCC1CCCN(C(=O)c2cc3ccccc3oc2=O)C1)NCc1ccccc1F. The Hall–Kier alpha value is -3.48. The molecule has 2 aromatic carbocycles. The Bertz CT molecular complexity index is 1190. The fraction of sp³-hybridized carbons (Fsp3) is 0.320. The van der Waals surface area contributed by atoms with Crippen molar-refractivity contribution >= 4 is 22.8 Å². The highest BCUT2D eigenvalue weighted by Gasteiger charge is 2.27. The van der Waals surface area contributed by atoms with Gasteiger partial charge in [0.05, 0.1) is 0 Å². The van der Waals surface area contributed by atoms with E-state index in [-0.39, 0.29) is 35.7 Å². The van der Waals surface area contributed by atoms with Crippen molar-refractivity contribution in [2.45, 2.75) is 32.2 Å². The van der Waals surface area contributed by atoms with Gasteiger partial charge >= 0.3 is 5.63 Å². The molecular formula is C25H25FN2O4. The van der Waals surface area contributed by atoms with Crippen molar-refractivity contribution in [3.63, 3.8) is 0 Å². The maximum Gasteiger partial charge on any atom is 0.349 e. The molecule has 1 N–H and O–H groups in total. The average Bonchev–Trinajstić information content (AvgIpc) is 2.81. The van der Waals surface area contributed by atoms with Gasteiger partial charge in [0.15, 0.2) is 0 Å². The smallest absolute Gasteiger partial charge is 0.349 e. The number of carbonyl (C=O) groups is 2. The lowest BCUT2D eigenvalue weighted by molar-refractivity contribution is -0.121. The number of nitrogens with one attached hydrogen (secondary N) is 1. The minimum absolute atomic E-state index is 0.0342. The molecule has 1 fully saturated rings. The second kappa shape index (κ2) is 9.77. The van der Waals surface area contributed by atoms with E-state index in [4.69, 9.17) is 4.42 Å². The largest absolute Gasteiger partial charge is 0.422 e. The molecule has 32 heavy (non-hydrogen) atoms. The Kier molecular flexibility index (Phi) is 6.63. The number of nitrogens with zero attached hydrogens (tertiary/aromatic N) is 1. The van der Waals surface area contributed by atoms with E-state index in [2.05, 4.69) is 5.32 Å². The zero-order valence-electron chi connectivity index (χ0n) is 17.7. The number of rotatable bonds is 6. The van der Waals surface area contributed by atoms with Crippen molar-refractivity contribution < 1.29 is 18.4 Å². The quantitative estimate of drug-likeness (QED) is 0.595. The number of fused-ring (bicyclic) bond motifs is 1. The monoisotopic (exact) mass is 436 g/mol. The summed E-state index contributed by atoms with van der Waals surface area (Å²) in [4.78, 5) is 39.2. The fourth-order valence-corrected chi connectivity index (χ4v) is 4.13. The molecule has 3 aromatic rings. The second-order valence-corrected chi connectivity index (χ2v) is 8.15. The molecule has 1 aliphatic heterocycles. The third-order valence-electron chi connectivity index (χ3n) is 5.89. The summed E-state index contributed by atoms with van der Waals surface area (Å²) in [6.07, 6.45) is 2.65. The van der Waals surface area contributed by atoms with Gasteiger partial charge in [-0.1, -0.05) is 36.4 Å². The van der Waals surface area contributed by atoms with Crippen molar-refractivity contribution in [1.29, 1.82) is 0 Å². The van der Waals surface area contributed by atoms with Crippen molar-refractivity contribution in [3.05, 3.63) is 82.0 Å². The van der Waals surface area contributed by atoms with Crippen molar-refractivity contribution in [2.75, 3.05) is 13.1 Å². The summed E-state index contributed by atoms with van der Waals surface area (Å²) >= 11 is 0. The van der Waals surface area contributed by atoms with Crippen LogP contribution in [0, 0.1) is 11.7 Å². The molecule has 0 saturated carbocycles. The summed E-state index contributed by atoms with van der Waals surface area (Å²) < 4.78 is 19.0. The minimum atomic E-state index is -0.636. The second-order valence-electron chi connectivity index (χ2n) is 8.15. The van der Waals surface area contributed by atoms with E-state index in [0.29, 0.717) is 42.5 Å². The molecule has 2 heterocycles. The van der Waals surface area contributed by atoms with Crippen LogP contribution in [-0.4, -0.2) is 29.8 Å². The molecule has 1 saturated heterocycles. The number of carbonyl (C=O) groups excluding carboxylic acids is 2. The fourth-order valence-electron chi connectivity index (χ4n) is 4.13. The number of amides is 2. The first kappa shape index (κ1) is 21.7. The first-order valence-electron chi connectivity index (χ1n) is 10.8. The van der Waals surface area contributed by atoms with Gasteiger partial charge in [0.2, 0.25) is 5.91 Å². The van der Waals surface area contributed by atoms with Crippen molar-refractivity contribution in [1.82, 2.24) is 10.2 Å². The number of halogens is 1. The van der Waals surface area contributed by atoms with E-state index in [1.807, 2.05) is 6.07 Å². The summed E-state index contributed by atoms with van der Waals surface area (Å²) in [7, 11) is 0. The molecule has 0 radical (unpaired) electrons. The highest BCUT2D eigenvalue weighted by atomic mass is 19.1. The molecule has 1 unspecified atom stereocenters. The Morgan fingerprint density at radius 1 is 1.12 bits per heavy atom. The van der Waals surface area contributed by atoms with Crippen LogP contribution < -0.4 is 10.9 Å². The molecule has 4 rings (SSSR count). The van der Waals surface area contributed by atoms with Gasteiger partial charge in [-0.05, 0) is 43.4 Å². The molecule has 0 bridgehead atoms. The number of hydrogen-bond donors (Lipinski definition) is 1. The molecule has 7 heteroatoms. The summed E-state index contributed by atoms with van der Waals surface area (Å²) in [5, 5.41) is 3.45. The highest BCUT2D eigenvalue weighted by Crippen LogP contribution is 2.23. The van der Waals surface area contributed by atoms with Gasteiger partial charge in [-0.15, -0.1) is 0 Å². The standard InChI is InChI=1S/C25H25FN2O4/c26-21-9-3-1-8-19(21)15-27-23(29)12-11-17-6-5-13-28(16-17)24(30)20-14-18-7-2-4-10-22(18)32-25(20)31/h1-4,7-10,14,17H,5-6,11-13,15-16H2,(H,27,29). The van der Waals surface area contributed by atoms with Gasteiger partial charge in [-0.25, -0.2) is 9.18 Å². The first-order valence-corrected chi connectivity index (χ1v) is 10.8. The van der Waals surface area contributed by atoms with Gasteiger partial charge < -0.3 is 14.6 Å². The lowest BCUT2D eigenvalue weighted by Gasteiger charge is -2.32. The summed E-state index contributed by atoms with van der Waals surface area (Å²) in [6, 6.07) is 15.0. The van der Waals surface area contributed by atoms with Gasteiger partial charge in [-0.3, -0.25) is 9.59 Å². The van der Waals surface area contributed by atoms with Gasteiger partial charge in [0, 0.05) is 37.0 Å². The van der Waals surface area contributed by atoms with E-state index in [1.165, 1.54) is 6.07 Å². The normalized spacial score (nSPS) is 16.2. The minimum Gasteiger partial charge on any atom is -0.422 e. The van der Waals surface area contributed by atoms with E-state index >= 15 is 0 Å². The molecule has 166 valence electrons. The van der Waals surface area contributed by atoms with E-state index in [0.717, 1.165) is 12.8 Å². The lowest BCUT2D eigenvalue weighted by Crippen LogP contribution is -2.41. The molecule has 1 atom stereocenters. The number of likely N-dealkylation sites (tertiary alicyclic amines) is 1. The van der Waals surface area contributed by atoms with E-state index in [1.54, 1.807) is 47.4 Å². The molecule has 0 aliphatic carbocycles. The first-order chi connectivity index (χ1) is 15.5. The van der Waals surface area contributed by atoms with Crippen LogP contribution in [0.5, 0.6) is 0 Å². The highest BCUT2D eigenvalue weighted by molar-refractivity contribution is 5.96. The topological polar surface area (TPSA) is 79.6 Å². The third kappa shape index (κ3) is 5.04. The lowest BCUT2D eigenvalue weighted by atomic mass is 9.93. The Labute approximate surface area is 185 Å². The van der Waals surface area contributed by atoms with E-state index in [9.17, 15) is 18.8 Å². The zero-order valence-corrected chi connectivity index (χ0v) is 17.7. The zero-order chi connectivity index (χ0) is 22.5. The van der Waals surface area contributed by atoms with Crippen LogP contribution in [0.1, 0.15) is 41.6 Å². The number of piperidine rings is 1. The summed E-state index contributed by atoms with van der Waals surface area (Å²) in [6.45, 7) is 1.21. The van der Waals surface area contributed by atoms with Gasteiger partial charge in [0.1, 0.15) is 17.0 Å². The van der Waals surface area contributed by atoms with Crippen LogP contribution >= 0.6 is 0 Å². The third-order valence-corrected chi connectivity index (χ3v) is 5.89. The van der Waals surface area contributed by atoms with Crippen LogP contribution in [0.3, 0.4) is 0 Å². The van der Waals surface area contributed by atoms with E-state index < -0.39 is 5.63 Å². The predicted molar refractivity (Wildman–Crippen MR) is 119 cm³/mol. The average molecular weight is 436 g/mol. The maximum atomic E-state index is 13.7.